The molecule has 1 aliphatic heterocycles. The lowest BCUT2D eigenvalue weighted by Gasteiger charge is -1.76. The summed E-state index contributed by atoms with van der Waals surface area (Å²) in [5, 5.41) is 0. The molecule has 6 heavy (non-hydrogen) atoms. The van der Waals surface area contributed by atoms with Gasteiger partial charge in [0.25, 0.3) is 0 Å². The van der Waals surface area contributed by atoms with Crippen LogP contribution < -0.4 is 0 Å². The number of hydrogen-bond donors (Lipinski definition) is 0. The SMILES string of the molecule is O=C1CO[B]O1. The summed E-state index contributed by atoms with van der Waals surface area (Å²) in [6.45, 7) is 0.0694. The van der Waals surface area contributed by atoms with Crippen LogP contribution in [0, 0.1) is 0 Å². The third kappa shape index (κ3) is 0.516. The minimum Gasteiger partial charge on any atom is -0.509 e. The molecule has 0 spiro atoms. The Bertz CT molecular complexity index is 63.2. The van der Waals surface area contributed by atoms with Crippen LogP contribution in [0.5, 0.6) is 0 Å². The normalized spacial score (nSPS) is 19.7. The van der Waals surface area contributed by atoms with Gasteiger partial charge in [0.2, 0.25) is 0 Å². The maximum Gasteiger partial charge on any atom is 0.574 e. The van der Waals surface area contributed by atoms with Crippen molar-refractivity contribution in [3.05, 3.63) is 0 Å². The third-order valence-electron chi connectivity index (χ3n) is 0.449. The van der Waals surface area contributed by atoms with Crippen LogP contribution in [0.4, 0.5) is 0 Å². The van der Waals surface area contributed by atoms with E-state index in [0.717, 1.165) is 7.69 Å². The fourth-order valence-electron chi connectivity index (χ4n) is 0.224. The minimum absolute atomic E-state index is 0.0694. The molecule has 1 rings (SSSR count). The second kappa shape index (κ2) is 1.30. The Kier molecular flexibility index (Phi) is 0.798. The van der Waals surface area contributed by atoms with Crippen molar-refractivity contribution in [2.75, 3.05) is 6.61 Å². The molecular formula is C2H2BO3. The van der Waals surface area contributed by atoms with E-state index in [9.17, 15) is 4.79 Å². The first-order valence-electron chi connectivity index (χ1n) is 1.52. The second-order valence-electron chi connectivity index (χ2n) is 0.897. The molecule has 4 heteroatoms. The van der Waals surface area contributed by atoms with Crippen molar-refractivity contribution in [2.24, 2.45) is 0 Å². The first-order chi connectivity index (χ1) is 2.89. The Balaban J connectivity index is 2.37. The van der Waals surface area contributed by atoms with Crippen LogP contribution in [-0.2, 0) is 14.1 Å². The topological polar surface area (TPSA) is 35.5 Å². The van der Waals surface area contributed by atoms with E-state index in [4.69, 9.17) is 0 Å². The standard InChI is InChI=1S/C2H2BO3/c4-2-1-5-3-6-2/h1H2. The van der Waals surface area contributed by atoms with Crippen LogP contribution in [0.25, 0.3) is 0 Å². The van der Waals surface area contributed by atoms with Crippen molar-refractivity contribution < 1.29 is 14.1 Å². The highest BCUT2D eigenvalue weighted by atomic mass is 16.7. The summed E-state index contributed by atoms with van der Waals surface area (Å²) in [4.78, 5) is 9.86. The maximum atomic E-state index is 9.86. The smallest absolute Gasteiger partial charge is 0.509 e. The van der Waals surface area contributed by atoms with Gasteiger partial charge in [-0.3, -0.25) is 4.79 Å². The van der Waals surface area contributed by atoms with Gasteiger partial charge in [-0.15, -0.1) is 0 Å². The zero-order valence-corrected chi connectivity index (χ0v) is 3.01. The molecule has 0 saturated carbocycles. The summed E-state index contributed by atoms with van der Waals surface area (Å²) < 4.78 is 8.53. The predicted molar refractivity (Wildman–Crippen MR) is 17.8 cm³/mol. The largest absolute Gasteiger partial charge is 0.574 e. The molecule has 0 aromatic rings. The van der Waals surface area contributed by atoms with Gasteiger partial charge in [-0.05, 0) is 0 Å². The Morgan fingerprint density at radius 2 is 2.67 bits per heavy atom. The average molecular weight is 84.8 g/mol. The van der Waals surface area contributed by atoms with Gasteiger partial charge in [0, 0.05) is 0 Å². The van der Waals surface area contributed by atoms with Gasteiger partial charge in [-0.2, -0.15) is 0 Å². The van der Waals surface area contributed by atoms with Crippen LogP contribution in [0.2, 0.25) is 0 Å². The van der Waals surface area contributed by atoms with Crippen LogP contribution in [0.15, 0.2) is 0 Å². The molecular weight excluding hydrogens is 82.8 g/mol. The molecule has 1 saturated heterocycles. The molecule has 3 nitrogen and oxygen atoms in total. The molecule has 0 atom stereocenters. The van der Waals surface area contributed by atoms with Crippen molar-refractivity contribution in [1.29, 1.82) is 0 Å². The van der Waals surface area contributed by atoms with E-state index in [1.54, 1.807) is 0 Å². The molecule has 31 valence electrons. The predicted octanol–water partition coefficient (Wildman–Crippen LogP) is -0.906. The van der Waals surface area contributed by atoms with Gasteiger partial charge in [0.1, 0.15) is 6.61 Å². The fourth-order valence-corrected chi connectivity index (χ4v) is 0.224. The van der Waals surface area contributed by atoms with Gasteiger partial charge in [0.15, 0.2) is 0 Å². The maximum absolute atomic E-state index is 9.86. The van der Waals surface area contributed by atoms with Crippen LogP contribution in [0.1, 0.15) is 0 Å². The van der Waals surface area contributed by atoms with Gasteiger partial charge >= 0.3 is 13.7 Å². The van der Waals surface area contributed by atoms with E-state index in [0.29, 0.717) is 0 Å². The van der Waals surface area contributed by atoms with Crippen molar-refractivity contribution >= 4 is 13.7 Å². The molecule has 0 aromatic carbocycles. The van der Waals surface area contributed by atoms with E-state index in [1.807, 2.05) is 0 Å². The van der Waals surface area contributed by atoms with Gasteiger partial charge in [-0.1, -0.05) is 0 Å². The first kappa shape index (κ1) is 3.68. The quantitative estimate of drug-likeness (QED) is 0.357. The lowest BCUT2D eigenvalue weighted by molar-refractivity contribution is -0.132. The van der Waals surface area contributed by atoms with E-state index >= 15 is 0 Å². The number of hydrogen-bond acceptors (Lipinski definition) is 3. The number of carbonyl (C=O) groups is 1. The number of carbonyl (C=O) groups excluding carboxylic acids is 1. The monoisotopic (exact) mass is 85.0 g/mol. The van der Waals surface area contributed by atoms with E-state index < -0.39 is 0 Å². The summed E-state index contributed by atoms with van der Waals surface area (Å²) >= 11 is 0. The van der Waals surface area contributed by atoms with E-state index in [-0.39, 0.29) is 12.6 Å². The summed E-state index contributed by atoms with van der Waals surface area (Å²) in [5.74, 6) is -0.324. The minimum atomic E-state index is -0.324. The molecule has 0 N–H and O–H groups in total. The lowest BCUT2D eigenvalue weighted by Crippen LogP contribution is -1.95. The Morgan fingerprint density at radius 1 is 1.83 bits per heavy atom. The molecule has 0 aromatic heterocycles. The highest BCUT2D eigenvalue weighted by Gasteiger charge is 2.12. The Hall–Kier alpha value is -0.505. The molecule has 0 bridgehead atoms. The van der Waals surface area contributed by atoms with Crippen molar-refractivity contribution in [2.45, 2.75) is 0 Å². The van der Waals surface area contributed by atoms with Crippen molar-refractivity contribution in [3.8, 4) is 0 Å². The second-order valence-corrected chi connectivity index (χ2v) is 0.897. The van der Waals surface area contributed by atoms with E-state index in [2.05, 4.69) is 9.31 Å². The molecule has 1 radical (unpaired) electrons. The molecule has 0 unspecified atom stereocenters. The lowest BCUT2D eigenvalue weighted by atomic mass is 10.4. The van der Waals surface area contributed by atoms with Gasteiger partial charge in [0.05, 0.1) is 0 Å². The van der Waals surface area contributed by atoms with Crippen molar-refractivity contribution in [1.82, 2.24) is 0 Å². The third-order valence-corrected chi connectivity index (χ3v) is 0.449. The fraction of sp³-hybridized carbons (Fsp3) is 0.500. The first-order valence-corrected chi connectivity index (χ1v) is 1.52. The van der Waals surface area contributed by atoms with Crippen LogP contribution in [0.3, 0.4) is 0 Å². The van der Waals surface area contributed by atoms with Crippen molar-refractivity contribution in [3.63, 3.8) is 0 Å². The zero-order valence-electron chi connectivity index (χ0n) is 3.01. The van der Waals surface area contributed by atoms with Gasteiger partial charge < -0.3 is 9.31 Å². The highest BCUT2D eigenvalue weighted by molar-refractivity contribution is 6.25. The number of rotatable bonds is 0. The zero-order chi connectivity index (χ0) is 4.41. The molecule has 1 heterocycles. The highest BCUT2D eigenvalue weighted by Crippen LogP contribution is 1.86. The van der Waals surface area contributed by atoms with Gasteiger partial charge in [-0.25, -0.2) is 0 Å². The average Bonchev–Trinajstić information content (AvgIpc) is 1.86. The van der Waals surface area contributed by atoms with Crippen LogP contribution in [-0.4, -0.2) is 20.3 Å². The van der Waals surface area contributed by atoms with Crippen LogP contribution >= 0.6 is 0 Å². The Labute approximate surface area is 35.5 Å². The molecule has 0 amide bonds. The summed E-state index contributed by atoms with van der Waals surface area (Å²) in [5.41, 5.74) is 0. The Morgan fingerprint density at radius 3 is 2.83 bits per heavy atom. The summed E-state index contributed by atoms with van der Waals surface area (Å²) in [6, 6.07) is 0. The van der Waals surface area contributed by atoms with E-state index in [1.165, 1.54) is 0 Å². The molecule has 1 aliphatic rings. The molecule has 1 fully saturated rings. The summed E-state index contributed by atoms with van der Waals surface area (Å²) in [6.07, 6.45) is 0. The molecule has 0 aliphatic carbocycles. The summed E-state index contributed by atoms with van der Waals surface area (Å²) in [7, 11) is 1.03.